The van der Waals surface area contributed by atoms with E-state index >= 15 is 0 Å². The molecule has 1 aliphatic heterocycles. The Kier molecular flexibility index (Phi) is 10.2. The van der Waals surface area contributed by atoms with E-state index in [1.807, 2.05) is 59.3 Å². The van der Waals surface area contributed by atoms with Crippen molar-refractivity contribution in [3.8, 4) is 5.75 Å². The predicted molar refractivity (Wildman–Crippen MR) is 130 cm³/mol. The van der Waals surface area contributed by atoms with Crippen LogP contribution in [-0.4, -0.2) is 64.4 Å². The summed E-state index contributed by atoms with van der Waals surface area (Å²) < 4.78 is 25.6. The Hall–Kier alpha value is -2.07. The van der Waals surface area contributed by atoms with Crippen molar-refractivity contribution >= 4 is 35.6 Å². The maximum absolute atomic E-state index is 14.6. The van der Waals surface area contributed by atoms with Crippen molar-refractivity contribution in [2.45, 2.75) is 6.54 Å². The Balaban J connectivity index is 0.00000320. The van der Waals surface area contributed by atoms with Crippen molar-refractivity contribution < 1.29 is 13.9 Å². The number of aliphatic imine (C=N–C) groups is 1. The first-order chi connectivity index (χ1) is 14.2. The second-order valence-electron chi connectivity index (χ2n) is 6.87. The van der Waals surface area contributed by atoms with Gasteiger partial charge in [-0.25, -0.2) is 4.39 Å². The highest BCUT2D eigenvalue weighted by molar-refractivity contribution is 14.0. The van der Waals surface area contributed by atoms with E-state index in [1.54, 1.807) is 13.1 Å². The zero-order chi connectivity index (χ0) is 20.5. The van der Waals surface area contributed by atoms with Crippen LogP contribution in [0.15, 0.2) is 53.5 Å². The first-order valence-corrected chi connectivity index (χ1v) is 9.88. The first kappa shape index (κ1) is 24.2. The first-order valence-electron chi connectivity index (χ1n) is 9.88. The molecule has 2 aromatic rings. The van der Waals surface area contributed by atoms with Gasteiger partial charge in [-0.2, -0.15) is 0 Å². The third-order valence-corrected chi connectivity index (χ3v) is 4.83. The number of rotatable bonds is 7. The molecule has 6 nitrogen and oxygen atoms in total. The SMILES string of the molecule is CN=C(NCc1ccc(N2CCOCC2)c(F)c1)N(C)CCOc1ccccc1.I. The molecule has 0 radical (unpaired) electrons. The molecule has 0 aromatic heterocycles. The monoisotopic (exact) mass is 528 g/mol. The van der Waals surface area contributed by atoms with Gasteiger partial charge in [-0.3, -0.25) is 4.99 Å². The van der Waals surface area contributed by atoms with Crippen LogP contribution < -0.4 is 15.0 Å². The normalized spacial score (nSPS) is 14.1. The number of guanidine groups is 1. The second-order valence-corrected chi connectivity index (χ2v) is 6.87. The van der Waals surface area contributed by atoms with Crippen LogP contribution in [0, 0.1) is 5.82 Å². The number of halogens is 2. The van der Waals surface area contributed by atoms with E-state index in [0.717, 1.165) is 30.4 Å². The molecule has 0 atom stereocenters. The number of anilines is 1. The summed E-state index contributed by atoms with van der Waals surface area (Å²) in [5.41, 5.74) is 1.51. The van der Waals surface area contributed by atoms with Crippen LogP contribution >= 0.6 is 24.0 Å². The molecule has 8 heteroatoms. The summed E-state index contributed by atoms with van der Waals surface area (Å²) in [4.78, 5) is 8.31. The lowest BCUT2D eigenvalue weighted by Gasteiger charge is -2.29. The molecule has 0 spiro atoms. The average molecular weight is 528 g/mol. The van der Waals surface area contributed by atoms with Crippen molar-refractivity contribution in [3.05, 3.63) is 59.9 Å². The highest BCUT2D eigenvalue weighted by Crippen LogP contribution is 2.21. The molecular weight excluding hydrogens is 498 g/mol. The van der Waals surface area contributed by atoms with Gasteiger partial charge in [0.1, 0.15) is 18.2 Å². The Labute approximate surface area is 195 Å². The predicted octanol–water partition coefficient (Wildman–Crippen LogP) is 3.37. The fraction of sp³-hybridized carbons (Fsp3) is 0.409. The van der Waals surface area contributed by atoms with Crippen molar-refractivity contribution in [2.75, 3.05) is 58.5 Å². The lowest BCUT2D eigenvalue weighted by atomic mass is 10.1. The van der Waals surface area contributed by atoms with Gasteiger partial charge >= 0.3 is 0 Å². The molecule has 1 heterocycles. The third kappa shape index (κ3) is 7.02. The number of ether oxygens (including phenoxy) is 2. The van der Waals surface area contributed by atoms with Crippen LogP contribution in [0.2, 0.25) is 0 Å². The van der Waals surface area contributed by atoms with Gasteiger partial charge in [-0.15, -0.1) is 24.0 Å². The Morgan fingerprint density at radius 1 is 1.20 bits per heavy atom. The highest BCUT2D eigenvalue weighted by atomic mass is 127. The van der Waals surface area contributed by atoms with Crippen LogP contribution in [0.5, 0.6) is 5.75 Å². The van der Waals surface area contributed by atoms with E-state index in [9.17, 15) is 4.39 Å². The molecule has 0 amide bonds. The molecular formula is C22H30FIN4O2. The molecule has 3 rings (SSSR count). The van der Waals surface area contributed by atoms with E-state index < -0.39 is 0 Å². The molecule has 1 aliphatic rings. The lowest BCUT2D eigenvalue weighted by Crippen LogP contribution is -2.40. The minimum Gasteiger partial charge on any atom is -0.492 e. The molecule has 30 heavy (non-hydrogen) atoms. The van der Waals surface area contributed by atoms with Gasteiger partial charge in [-0.05, 0) is 29.8 Å². The Morgan fingerprint density at radius 2 is 1.93 bits per heavy atom. The number of benzene rings is 2. The van der Waals surface area contributed by atoms with Crippen LogP contribution in [0.3, 0.4) is 0 Å². The van der Waals surface area contributed by atoms with Crippen molar-refractivity contribution in [3.63, 3.8) is 0 Å². The number of nitrogens with one attached hydrogen (secondary N) is 1. The summed E-state index contributed by atoms with van der Waals surface area (Å²) in [7, 11) is 3.69. The van der Waals surface area contributed by atoms with Gasteiger partial charge in [0, 0.05) is 33.7 Å². The molecule has 0 unspecified atom stereocenters. The lowest BCUT2D eigenvalue weighted by molar-refractivity contribution is 0.122. The number of para-hydroxylation sites is 1. The fourth-order valence-corrected chi connectivity index (χ4v) is 3.21. The zero-order valence-electron chi connectivity index (χ0n) is 17.5. The number of nitrogens with zero attached hydrogens (tertiary/aromatic N) is 3. The molecule has 164 valence electrons. The third-order valence-electron chi connectivity index (χ3n) is 4.83. The minimum atomic E-state index is -0.203. The number of morpholine rings is 1. The second kappa shape index (κ2) is 12.6. The van der Waals surface area contributed by atoms with E-state index in [1.165, 1.54) is 0 Å². The summed E-state index contributed by atoms with van der Waals surface area (Å²) in [5.74, 6) is 1.38. The average Bonchev–Trinajstić information content (AvgIpc) is 2.75. The van der Waals surface area contributed by atoms with Crippen molar-refractivity contribution in [1.82, 2.24) is 10.2 Å². The van der Waals surface area contributed by atoms with Gasteiger partial charge in [0.05, 0.1) is 25.4 Å². The Morgan fingerprint density at radius 3 is 2.60 bits per heavy atom. The fourth-order valence-electron chi connectivity index (χ4n) is 3.21. The van der Waals surface area contributed by atoms with Crippen LogP contribution in [0.1, 0.15) is 5.56 Å². The van der Waals surface area contributed by atoms with Gasteiger partial charge in [0.2, 0.25) is 0 Å². The molecule has 1 saturated heterocycles. The van der Waals surface area contributed by atoms with Crippen molar-refractivity contribution in [1.29, 1.82) is 0 Å². The minimum absolute atomic E-state index is 0. The van der Waals surface area contributed by atoms with Crippen molar-refractivity contribution in [2.24, 2.45) is 4.99 Å². The zero-order valence-corrected chi connectivity index (χ0v) is 19.8. The van der Waals surface area contributed by atoms with Gasteiger partial charge in [0.25, 0.3) is 0 Å². The quantitative estimate of drug-likeness (QED) is 0.340. The van der Waals surface area contributed by atoms with Crippen LogP contribution in [-0.2, 0) is 11.3 Å². The van der Waals surface area contributed by atoms with E-state index in [-0.39, 0.29) is 29.8 Å². The standard InChI is InChI=1S/C22H29FN4O2.HI/c1-24-22(26(2)10-15-29-19-6-4-3-5-7-19)25-17-18-8-9-21(20(23)16-18)27-11-13-28-14-12-27;/h3-9,16H,10-15,17H2,1-2H3,(H,24,25);1H. The summed E-state index contributed by atoms with van der Waals surface area (Å²) in [5, 5.41) is 3.28. The van der Waals surface area contributed by atoms with Gasteiger partial charge in [-0.1, -0.05) is 24.3 Å². The highest BCUT2D eigenvalue weighted by Gasteiger charge is 2.15. The van der Waals surface area contributed by atoms with E-state index in [4.69, 9.17) is 9.47 Å². The van der Waals surface area contributed by atoms with E-state index in [2.05, 4.69) is 10.3 Å². The molecule has 2 aromatic carbocycles. The van der Waals surface area contributed by atoms with Crippen LogP contribution in [0.25, 0.3) is 0 Å². The maximum atomic E-state index is 14.6. The van der Waals surface area contributed by atoms with E-state index in [0.29, 0.717) is 38.6 Å². The summed E-state index contributed by atoms with van der Waals surface area (Å²) in [6, 6.07) is 15.1. The molecule has 0 saturated carbocycles. The topological polar surface area (TPSA) is 49.3 Å². The molecule has 0 aliphatic carbocycles. The summed E-state index contributed by atoms with van der Waals surface area (Å²) in [6.07, 6.45) is 0. The molecule has 1 fully saturated rings. The maximum Gasteiger partial charge on any atom is 0.193 e. The Bertz CT molecular complexity index is 801. The molecule has 0 bridgehead atoms. The van der Waals surface area contributed by atoms with Gasteiger partial charge < -0.3 is 24.6 Å². The smallest absolute Gasteiger partial charge is 0.193 e. The summed E-state index contributed by atoms with van der Waals surface area (Å²) >= 11 is 0. The number of likely N-dealkylation sites (N-methyl/N-ethyl adjacent to an activating group) is 1. The number of hydrogen-bond donors (Lipinski definition) is 1. The summed E-state index contributed by atoms with van der Waals surface area (Å²) in [6.45, 7) is 4.44. The largest absolute Gasteiger partial charge is 0.492 e. The van der Waals surface area contributed by atoms with Gasteiger partial charge in [0.15, 0.2) is 5.96 Å². The van der Waals surface area contributed by atoms with Crippen LogP contribution in [0.4, 0.5) is 10.1 Å². The molecule has 1 N–H and O–H groups in total. The number of hydrogen-bond acceptors (Lipinski definition) is 4.